The van der Waals surface area contributed by atoms with E-state index in [1.54, 1.807) is 20.0 Å². The Hall–Kier alpha value is -1.85. The number of carboxylic acid groups (broad SMARTS) is 1. The minimum absolute atomic E-state index is 0.00523. The first-order chi connectivity index (χ1) is 8.43. The molecule has 0 aliphatic carbocycles. The van der Waals surface area contributed by atoms with Gasteiger partial charge in [-0.05, 0) is 20.3 Å². The van der Waals surface area contributed by atoms with Crippen molar-refractivity contribution in [2.45, 2.75) is 39.2 Å². The average Bonchev–Trinajstić information content (AvgIpc) is 2.24. The van der Waals surface area contributed by atoms with E-state index in [4.69, 9.17) is 9.84 Å². The first kappa shape index (κ1) is 14.2. The highest BCUT2D eigenvalue weighted by Crippen LogP contribution is 2.17. The van der Waals surface area contributed by atoms with Gasteiger partial charge in [0, 0.05) is 5.54 Å². The number of carbonyl (C=O) groups is 1. The van der Waals surface area contributed by atoms with Gasteiger partial charge in [0.05, 0.1) is 25.4 Å². The van der Waals surface area contributed by atoms with E-state index in [1.165, 1.54) is 6.20 Å². The van der Waals surface area contributed by atoms with Crippen LogP contribution in [0, 0.1) is 0 Å². The number of rotatable bonds is 7. The summed E-state index contributed by atoms with van der Waals surface area (Å²) < 4.78 is 5.36. The van der Waals surface area contributed by atoms with Crippen LogP contribution in [0.3, 0.4) is 0 Å². The Bertz CT molecular complexity index is 407. The summed E-state index contributed by atoms with van der Waals surface area (Å²) >= 11 is 0. The van der Waals surface area contributed by atoms with E-state index >= 15 is 0 Å². The van der Waals surface area contributed by atoms with Gasteiger partial charge in [-0.1, -0.05) is 6.92 Å². The van der Waals surface area contributed by atoms with Crippen molar-refractivity contribution in [2.24, 2.45) is 0 Å². The quantitative estimate of drug-likeness (QED) is 0.772. The van der Waals surface area contributed by atoms with Crippen LogP contribution in [0.2, 0.25) is 0 Å². The van der Waals surface area contributed by atoms with Crippen LogP contribution >= 0.6 is 0 Å². The van der Waals surface area contributed by atoms with Gasteiger partial charge in [0.15, 0.2) is 0 Å². The lowest BCUT2D eigenvalue weighted by molar-refractivity contribution is -0.137. The molecular formula is C12H19N3O3. The monoisotopic (exact) mass is 253 g/mol. The van der Waals surface area contributed by atoms with Gasteiger partial charge in [-0.25, -0.2) is 0 Å². The molecule has 6 heteroatoms. The van der Waals surface area contributed by atoms with Gasteiger partial charge in [0.25, 0.3) is 0 Å². The fourth-order valence-electron chi connectivity index (χ4n) is 1.45. The fraction of sp³-hybridized carbons (Fsp3) is 0.583. The third-order valence-corrected chi connectivity index (χ3v) is 2.13. The molecule has 0 bridgehead atoms. The van der Waals surface area contributed by atoms with Gasteiger partial charge in [-0.2, -0.15) is 4.98 Å². The molecule has 0 saturated carbocycles. The summed E-state index contributed by atoms with van der Waals surface area (Å²) in [4.78, 5) is 18.9. The highest BCUT2D eigenvalue weighted by Gasteiger charge is 2.22. The SMILES string of the molecule is CCCOc1cncc(NC(C)(C)CC(=O)O)n1. The second kappa shape index (κ2) is 6.18. The van der Waals surface area contributed by atoms with Crippen LogP contribution in [0.4, 0.5) is 5.82 Å². The predicted octanol–water partition coefficient (Wildman–Crippen LogP) is 1.93. The normalized spacial score (nSPS) is 11.1. The Balaban J connectivity index is 2.69. The molecule has 0 fully saturated rings. The number of carboxylic acids is 1. The predicted molar refractivity (Wildman–Crippen MR) is 67.8 cm³/mol. The second-order valence-electron chi connectivity index (χ2n) is 4.67. The van der Waals surface area contributed by atoms with Crippen molar-refractivity contribution in [3.63, 3.8) is 0 Å². The zero-order chi connectivity index (χ0) is 13.6. The van der Waals surface area contributed by atoms with Crippen molar-refractivity contribution in [3.8, 4) is 5.88 Å². The molecule has 0 spiro atoms. The molecule has 1 aromatic heterocycles. The zero-order valence-electron chi connectivity index (χ0n) is 10.9. The van der Waals surface area contributed by atoms with Crippen molar-refractivity contribution in [2.75, 3.05) is 11.9 Å². The minimum atomic E-state index is -0.862. The Morgan fingerprint density at radius 2 is 2.22 bits per heavy atom. The Morgan fingerprint density at radius 3 is 2.83 bits per heavy atom. The van der Waals surface area contributed by atoms with Crippen molar-refractivity contribution in [1.29, 1.82) is 0 Å². The summed E-state index contributed by atoms with van der Waals surface area (Å²) in [7, 11) is 0. The molecule has 0 aliphatic rings. The van der Waals surface area contributed by atoms with Crippen molar-refractivity contribution in [3.05, 3.63) is 12.4 Å². The molecule has 0 radical (unpaired) electrons. The lowest BCUT2D eigenvalue weighted by Gasteiger charge is -2.24. The summed E-state index contributed by atoms with van der Waals surface area (Å²) in [6.07, 6.45) is 3.96. The number of ether oxygens (including phenoxy) is 1. The third-order valence-electron chi connectivity index (χ3n) is 2.13. The lowest BCUT2D eigenvalue weighted by atomic mass is 10.0. The van der Waals surface area contributed by atoms with Crippen LogP contribution in [0.25, 0.3) is 0 Å². The second-order valence-corrected chi connectivity index (χ2v) is 4.67. The first-order valence-electron chi connectivity index (χ1n) is 5.88. The Kier molecular flexibility index (Phi) is 4.88. The molecule has 2 N–H and O–H groups in total. The zero-order valence-corrected chi connectivity index (χ0v) is 10.9. The summed E-state index contributed by atoms with van der Waals surface area (Å²) in [5.41, 5.74) is -0.593. The molecular weight excluding hydrogens is 234 g/mol. The Labute approximate surface area is 106 Å². The van der Waals surface area contributed by atoms with E-state index in [1.807, 2.05) is 6.92 Å². The van der Waals surface area contributed by atoms with Crippen molar-refractivity contribution in [1.82, 2.24) is 9.97 Å². The number of hydrogen-bond donors (Lipinski definition) is 2. The minimum Gasteiger partial charge on any atom is -0.481 e. The van der Waals surface area contributed by atoms with Gasteiger partial charge in [-0.3, -0.25) is 9.78 Å². The average molecular weight is 253 g/mol. The van der Waals surface area contributed by atoms with Gasteiger partial charge < -0.3 is 15.2 Å². The standard InChI is InChI=1S/C12H19N3O3/c1-4-5-18-10-8-13-7-9(14-10)15-12(2,3)6-11(16)17/h7-8H,4-6H2,1-3H3,(H,14,15)(H,16,17). The van der Waals surface area contributed by atoms with E-state index < -0.39 is 11.5 Å². The number of hydrogen-bond acceptors (Lipinski definition) is 5. The molecule has 0 amide bonds. The molecule has 0 unspecified atom stereocenters. The van der Waals surface area contributed by atoms with E-state index in [0.717, 1.165) is 6.42 Å². The molecule has 1 aromatic rings. The smallest absolute Gasteiger partial charge is 0.305 e. The molecule has 6 nitrogen and oxygen atoms in total. The highest BCUT2D eigenvalue weighted by atomic mass is 16.5. The summed E-state index contributed by atoms with van der Waals surface area (Å²) in [6, 6.07) is 0. The van der Waals surface area contributed by atoms with Gasteiger partial charge in [-0.15, -0.1) is 0 Å². The maximum Gasteiger partial charge on any atom is 0.305 e. The van der Waals surface area contributed by atoms with E-state index in [0.29, 0.717) is 18.3 Å². The Morgan fingerprint density at radius 1 is 1.50 bits per heavy atom. The fourth-order valence-corrected chi connectivity index (χ4v) is 1.45. The highest BCUT2D eigenvalue weighted by molar-refractivity contribution is 5.69. The van der Waals surface area contributed by atoms with E-state index in [-0.39, 0.29) is 6.42 Å². The molecule has 0 aliphatic heterocycles. The summed E-state index contributed by atoms with van der Waals surface area (Å²) in [5, 5.41) is 11.8. The maximum absolute atomic E-state index is 10.7. The van der Waals surface area contributed by atoms with Gasteiger partial charge >= 0.3 is 5.97 Å². The molecule has 1 rings (SSSR count). The number of nitrogens with zero attached hydrogens (tertiary/aromatic N) is 2. The third kappa shape index (κ3) is 4.99. The van der Waals surface area contributed by atoms with Crippen LogP contribution in [0.15, 0.2) is 12.4 Å². The van der Waals surface area contributed by atoms with Gasteiger partial charge in [0.2, 0.25) is 5.88 Å². The van der Waals surface area contributed by atoms with Crippen LogP contribution in [-0.4, -0.2) is 33.2 Å². The molecule has 1 heterocycles. The number of nitrogens with one attached hydrogen (secondary N) is 1. The molecule has 0 atom stereocenters. The van der Waals surface area contributed by atoms with Crippen molar-refractivity contribution >= 4 is 11.8 Å². The number of aromatic nitrogens is 2. The summed E-state index contributed by atoms with van der Waals surface area (Å²) in [6.45, 7) is 6.17. The molecule has 0 saturated heterocycles. The number of aliphatic carboxylic acids is 1. The number of anilines is 1. The summed E-state index contributed by atoms with van der Waals surface area (Å²) in [5.74, 6) is 0.0849. The van der Waals surface area contributed by atoms with Gasteiger partial charge in [0.1, 0.15) is 5.82 Å². The molecule has 100 valence electrons. The molecule has 0 aromatic carbocycles. The largest absolute Gasteiger partial charge is 0.481 e. The van der Waals surface area contributed by atoms with E-state index in [9.17, 15) is 4.79 Å². The lowest BCUT2D eigenvalue weighted by Crippen LogP contribution is -2.34. The van der Waals surface area contributed by atoms with Crippen LogP contribution < -0.4 is 10.1 Å². The van der Waals surface area contributed by atoms with Crippen LogP contribution in [0.5, 0.6) is 5.88 Å². The molecule has 18 heavy (non-hydrogen) atoms. The topological polar surface area (TPSA) is 84.3 Å². The van der Waals surface area contributed by atoms with E-state index in [2.05, 4.69) is 15.3 Å². The first-order valence-corrected chi connectivity index (χ1v) is 5.88. The van der Waals surface area contributed by atoms with Crippen LogP contribution in [0.1, 0.15) is 33.6 Å². The van der Waals surface area contributed by atoms with Crippen LogP contribution in [-0.2, 0) is 4.79 Å². The van der Waals surface area contributed by atoms with Crippen molar-refractivity contribution < 1.29 is 14.6 Å². The maximum atomic E-state index is 10.7.